The highest BCUT2D eigenvalue weighted by Crippen LogP contribution is 1.82. The van der Waals surface area contributed by atoms with Gasteiger partial charge >= 0.3 is 6.16 Å². The number of aliphatic hydroxyl groups excluding tert-OH is 2. The number of ether oxygens (including phenoxy) is 6. The van der Waals surface area contributed by atoms with Crippen LogP contribution in [0.5, 0.6) is 0 Å². The van der Waals surface area contributed by atoms with Crippen LogP contribution in [-0.4, -0.2) is 96.7 Å². The fourth-order valence-electron chi connectivity index (χ4n) is 0.974. The van der Waals surface area contributed by atoms with E-state index in [4.69, 9.17) is 29.2 Å². The maximum absolute atomic E-state index is 9.74. The van der Waals surface area contributed by atoms with Crippen molar-refractivity contribution in [3.63, 3.8) is 0 Å². The van der Waals surface area contributed by atoms with E-state index in [1.807, 2.05) is 0 Å². The van der Waals surface area contributed by atoms with Crippen LogP contribution in [0.4, 0.5) is 4.79 Å². The van der Waals surface area contributed by atoms with Crippen molar-refractivity contribution < 1.29 is 43.4 Å². The van der Waals surface area contributed by atoms with Gasteiger partial charge in [-0.3, -0.25) is 0 Å². The average Bonchev–Trinajstić information content (AvgIpc) is 2.55. The van der Waals surface area contributed by atoms with Crippen molar-refractivity contribution in [3.05, 3.63) is 0 Å². The fraction of sp³-hybridized carbons (Fsp3) is 0.923. The second-order valence-corrected chi connectivity index (χ2v) is 3.55. The number of hydrogen-bond acceptors (Lipinski definition) is 9. The lowest BCUT2D eigenvalue weighted by Gasteiger charge is -2.06. The number of aliphatic hydroxyl groups is 2. The highest BCUT2D eigenvalue weighted by Gasteiger charge is 1.91. The molecule has 0 aromatic rings. The summed E-state index contributed by atoms with van der Waals surface area (Å²) in [5.74, 6) is 0. The Kier molecular flexibility index (Phi) is 23.6. The highest BCUT2D eigenvalue weighted by molar-refractivity contribution is 5.59. The van der Waals surface area contributed by atoms with Crippen LogP contribution in [0, 0.1) is 0 Å². The monoisotopic (exact) mass is 328 g/mol. The van der Waals surface area contributed by atoms with Crippen molar-refractivity contribution in [2.75, 3.05) is 80.3 Å². The first kappa shape index (κ1) is 23.3. The lowest BCUT2D eigenvalue weighted by Crippen LogP contribution is -2.13. The summed E-state index contributed by atoms with van der Waals surface area (Å²) in [7, 11) is 2.51. The molecule has 0 aliphatic carbocycles. The Balaban J connectivity index is 0. The molecular formula is C13H28O9. The van der Waals surface area contributed by atoms with Gasteiger partial charge in [-0.05, 0) is 0 Å². The molecule has 0 heterocycles. The Morgan fingerprint density at radius 2 is 0.909 bits per heavy atom. The predicted molar refractivity (Wildman–Crippen MR) is 76.9 cm³/mol. The minimum atomic E-state index is -0.657. The van der Waals surface area contributed by atoms with Crippen molar-refractivity contribution in [2.45, 2.75) is 0 Å². The third-order valence-electron chi connectivity index (χ3n) is 1.92. The first-order valence-electron chi connectivity index (χ1n) is 6.87. The van der Waals surface area contributed by atoms with Gasteiger partial charge in [0, 0.05) is 0 Å². The Morgan fingerprint density at radius 3 is 1.09 bits per heavy atom. The number of methoxy groups -OCH3 is 2. The lowest BCUT2D eigenvalue weighted by molar-refractivity contribution is -0.00856. The summed E-state index contributed by atoms with van der Waals surface area (Å²) in [5.41, 5.74) is 0. The first-order chi connectivity index (χ1) is 10.7. The zero-order valence-corrected chi connectivity index (χ0v) is 13.3. The standard InChI is InChI=1S/C10H22O6.C3H6O3/c11-1-3-13-5-7-15-9-10-16-8-6-14-4-2-12;1-5-3(4)6-2/h11-12H,1-10H2;1-2H3. The van der Waals surface area contributed by atoms with E-state index in [1.165, 1.54) is 14.2 Å². The van der Waals surface area contributed by atoms with E-state index in [0.29, 0.717) is 52.9 Å². The van der Waals surface area contributed by atoms with Crippen LogP contribution in [-0.2, 0) is 28.4 Å². The maximum atomic E-state index is 9.74. The van der Waals surface area contributed by atoms with Crippen LogP contribution in [0.3, 0.4) is 0 Å². The molecule has 0 aliphatic heterocycles. The van der Waals surface area contributed by atoms with Gasteiger partial charge in [-0.25, -0.2) is 4.79 Å². The zero-order valence-electron chi connectivity index (χ0n) is 13.3. The van der Waals surface area contributed by atoms with Crippen LogP contribution in [0.15, 0.2) is 0 Å². The van der Waals surface area contributed by atoms with Crippen molar-refractivity contribution in [1.29, 1.82) is 0 Å². The summed E-state index contributed by atoms with van der Waals surface area (Å²) in [6.07, 6.45) is -0.657. The molecule has 0 aliphatic rings. The number of hydrogen-bond donors (Lipinski definition) is 2. The summed E-state index contributed by atoms with van der Waals surface area (Å²) >= 11 is 0. The molecule has 0 rings (SSSR count). The molecule has 0 radical (unpaired) electrons. The van der Waals surface area contributed by atoms with Crippen molar-refractivity contribution >= 4 is 6.16 Å². The molecule has 0 saturated carbocycles. The summed E-state index contributed by atoms with van der Waals surface area (Å²) < 4.78 is 28.5. The normalized spacial score (nSPS) is 9.82. The van der Waals surface area contributed by atoms with E-state index in [0.717, 1.165) is 0 Å². The fourth-order valence-corrected chi connectivity index (χ4v) is 0.974. The van der Waals surface area contributed by atoms with Crippen molar-refractivity contribution in [2.24, 2.45) is 0 Å². The summed E-state index contributed by atoms with van der Waals surface area (Å²) in [5, 5.41) is 16.8. The zero-order chi connectivity index (χ0) is 16.9. The van der Waals surface area contributed by atoms with Gasteiger partial charge in [0.15, 0.2) is 0 Å². The molecule has 0 bridgehead atoms. The largest absolute Gasteiger partial charge is 0.507 e. The van der Waals surface area contributed by atoms with Gasteiger partial charge in [0.1, 0.15) is 0 Å². The van der Waals surface area contributed by atoms with Gasteiger partial charge in [-0.2, -0.15) is 0 Å². The summed E-state index contributed by atoms with van der Waals surface area (Å²) in [4.78, 5) is 9.74. The molecule has 0 atom stereocenters. The third kappa shape index (κ3) is 24.1. The second kappa shape index (κ2) is 22.3. The molecule has 22 heavy (non-hydrogen) atoms. The first-order valence-corrected chi connectivity index (χ1v) is 6.87. The molecule has 0 spiro atoms. The Hall–Kier alpha value is -0.970. The molecule has 134 valence electrons. The Morgan fingerprint density at radius 1 is 0.636 bits per heavy atom. The molecule has 0 unspecified atom stereocenters. The SMILES string of the molecule is COC(=O)OC.OCCOCCOCCOCCOCCO. The van der Waals surface area contributed by atoms with Crippen LogP contribution >= 0.6 is 0 Å². The lowest BCUT2D eigenvalue weighted by atomic mass is 10.7. The molecule has 0 aromatic carbocycles. The smallest absolute Gasteiger partial charge is 0.438 e. The highest BCUT2D eigenvalue weighted by atomic mass is 16.7. The minimum absolute atomic E-state index is 0.0386. The molecule has 9 heteroatoms. The van der Waals surface area contributed by atoms with Gasteiger partial charge in [-0.15, -0.1) is 0 Å². The van der Waals surface area contributed by atoms with Gasteiger partial charge < -0.3 is 38.6 Å². The van der Waals surface area contributed by atoms with E-state index < -0.39 is 6.16 Å². The quantitative estimate of drug-likeness (QED) is 0.339. The van der Waals surface area contributed by atoms with E-state index in [1.54, 1.807) is 0 Å². The van der Waals surface area contributed by atoms with E-state index >= 15 is 0 Å². The Labute approximate surface area is 131 Å². The molecule has 2 N–H and O–H groups in total. The average molecular weight is 328 g/mol. The molecule has 0 fully saturated rings. The predicted octanol–water partition coefficient (Wildman–Crippen LogP) is -0.563. The third-order valence-corrected chi connectivity index (χ3v) is 1.92. The molecule has 0 saturated heterocycles. The topological polar surface area (TPSA) is 113 Å². The summed E-state index contributed by atoms with van der Waals surface area (Å²) in [6, 6.07) is 0. The van der Waals surface area contributed by atoms with Gasteiger partial charge in [-0.1, -0.05) is 0 Å². The van der Waals surface area contributed by atoms with Crippen LogP contribution < -0.4 is 0 Å². The van der Waals surface area contributed by atoms with Crippen LogP contribution in [0.25, 0.3) is 0 Å². The van der Waals surface area contributed by atoms with Crippen molar-refractivity contribution in [3.8, 4) is 0 Å². The summed E-state index contributed by atoms with van der Waals surface area (Å²) in [6.45, 7) is 3.79. The molecular weight excluding hydrogens is 300 g/mol. The second-order valence-electron chi connectivity index (χ2n) is 3.55. The van der Waals surface area contributed by atoms with Gasteiger partial charge in [0.2, 0.25) is 0 Å². The van der Waals surface area contributed by atoms with Gasteiger partial charge in [0.05, 0.1) is 80.3 Å². The number of carbonyl (C=O) groups is 1. The van der Waals surface area contributed by atoms with Gasteiger partial charge in [0.25, 0.3) is 0 Å². The minimum Gasteiger partial charge on any atom is -0.438 e. The van der Waals surface area contributed by atoms with E-state index in [9.17, 15) is 4.79 Å². The molecule has 9 nitrogen and oxygen atoms in total. The number of rotatable bonds is 13. The van der Waals surface area contributed by atoms with Crippen molar-refractivity contribution in [1.82, 2.24) is 0 Å². The van der Waals surface area contributed by atoms with E-state index in [2.05, 4.69) is 9.47 Å². The number of carbonyl (C=O) groups excluding carboxylic acids is 1. The van der Waals surface area contributed by atoms with E-state index in [-0.39, 0.29) is 13.2 Å². The van der Waals surface area contributed by atoms with Crippen LogP contribution in [0.1, 0.15) is 0 Å². The van der Waals surface area contributed by atoms with Crippen LogP contribution in [0.2, 0.25) is 0 Å². The maximum Gasteiger partial charge on any atom is 0.507 e. The molecule has 0 amide bonds. The molecule has 0 aromatic heterocycles. The Bertz CT molecular complexity index is 194.